The molecule has 4 aromatic heterocycles. The number of aromatic carboxylic acids is 2. The van der Waals surface area contributed by atoms with E-state index in [4.69, 9.17) is 79.1 Å². The second kappa shape index (κ2) is 36.6. The fraction of sp³-hybridized carbons (Fsp3) is 0.244. The van der Waals surface area contributed by atoms with Crippen LogP contribution in [0.5, 0.6) is 0 Å². The highest BCUT2D eigenvalue weighted by Gasteiger charge is 2.45. The normalized spacial score (nSPS) is 13.0. The van der Waals surface area contributed by atoms with Crippen molar-refractivity contribution in [2.45, 2.75) is 111 Å². The van der Waals surface area contributed by atoms with Crippen LogP contribution in [0.4, 0.5) is 39.5 Å². The second-order valence-electron chi connectivity index (χ2n) is 24.9. The zero-order valence-electron chi connectivity index (χ0n) is 58.7. The first-order valence-corrected chi connectivity index (χ1v) is 35.4. The Kier molecular flexibility index (Phi) is 28.5. The third-order valence-corrected chi connectivity index (χ3v) is 18.3. The van der Waals surface area contributed by atoms with Crippen molar-refractivity contribution in [1.82, 2.24) is 18.7 Å². The Bertz CT molecular complexity index is 5160. The third-order valence-electron chi connectivity index (χ3n) is 16.9. The molecule has 0 amide bonds. The van der Waals surface area contributed by atoms with E-state index in [0.717, 1.165) is 78.1 Å². The number of allylic oxidation sites excluding steroid dienone is 1. The maximum absolute atomic E-state index is 14.3. The smallest absolute Gasteiger partial charge is 0.431 e. The molecule has 16 nitrogen and oxygen atoms in total. The molecule has 109 heavy (non-hydrogen) atoms. The molecule has 3 N–H and O–H groups in total. The van der Waals surface area contributed by atoms with Gasteiger partial charge in [0.2, 0.25) is 5.70 Å². The Morgan fingerprint density at radius 2 is 0.881 bits per heavy atom. The molecule has 574 valence electrons. The molecule has 0 aliphatic heterocycles. The van der Waals surface area contributed by atoms with E-state index < -0.39 is 87.3 Å². The largest absolute Gasteiger partial charge is 0.477 e. The van der Waals surface area contributed by atoms with Crippen molar-refractivity contribution in [3.05, 3.63) is 270 Å². The van der Waals surface area contributed by atoms with Crippen molar-refractivity contribution in [2.24, 2.45) is 0 Å². The minimum Gasteiger partial charge on any atom is -0.477 e. The molecule has 0 saturated heterocycles. The zero-order valence-corrected chi connectivity index (χ0v) is 63.2. The fourth-order valence-electron chi connectivity index (χ4n) is 11.7. The van der Waals surface area contributed by atoms with Gasteiger partial charge < -0.3 is 38.4 Å². The molecular weight excluding hydrogens is 1570 g/mol. The number of aldehydes is 1. The number of aromatic amines is 1. The number of hydrogen-bond donors (Lipinski definition) is 3. The van der Waals surface area contributed by atoms with Crippen LogP contribution >= 0.6 is 69.6 Å². The molecule has 31 heteroatoms. The summed E-state index contributed by atoms with van der Waals surface area (Å²) in [5.74, 6) is -6.89. The average molecular weight is 1630 g/mol. The Labute approximate surface area is 648 Å². The summed E-state index contributed by atoms with van der Waals surface area (Å²) < 4.78 is 137. The van der Waals surface area contributed by atoms with E-state index in [1.54, 1.807) is 75.0 Å². The maximum atomic E-state index is 14.3. The number of halogens is 15. The number of carboxylic acid groups (broad SMARTS) is 2. The molecule has 0 spiro atoms. The predicted molar refractivity (Wildman–Crippen MR) is 399 cm³/mol. The van der Waals surface area contributed by atoms with E-state index in [0.29, 0.717) is 78.8 Å². The first-order valence-electron chi connectivity index (χ1n) is 33.2. The van der Waals surface area contributed by atoms with Gasteiger partial charge >= 0.3 is 30.1 Å². The number of carboxylic acids is 2. The van der Waals surface area contributed by atoms with Crippen molar-refractivity contribution >= 4 is 106 Å². The summed E-state index contributed by atoms with van der Waals surface area (Å²) in [5.41, 5.74) is 3.49. The Morgan fingerprint density at radius 3 is 1.24 bits per heavy atom. The number of nitrogens with zero attached hydrogens (tertiary/aromatic N) is 4. The molecule has 13 rings (SSSR count). The number of aromatic nitrogens is 4. The highest BCUT2D eigenvalue weighted by atomic mass is 35.5. The first-order chi connectivity index (χ1) is 51.4. The minimum atomic E-state index is -4.74. The molecule has 0 atom stereocenters. The van der Waals surface area contributed by atoms with E-state index in [1.807, 2.05) is 17.7 Å². The summed E-state index contributed by atoms with van der Waals surface area (Å²) in [7, 11) is 0. The molecule has 0 unspecified atom stereocenters. The van der Waals surface area contributed by atoms with Gasteiger partial charge in [-0.1, -0.05) is 75.7 Å². The van der Waals surface area contributed by atoms with Gasteiger partial charge in [-0.3, -0.25) is 14.9 Å². The van der Waals surface area contributed by atoms with Crippen LogP contribution in [0.1, 0.15) is 163 Å². The van der Waals surface area contributed by atoms with Crippen LogP contribution in [0, 0.1) is 72.7 Å². The lowest BCUT2D eigenvalue weighted by molar-refractivity contribution is -0.422. The molecule has 6 aromatic carbocycles. The summed E-state index contributed by atoms with van der Waals surface area (Å²) in [5, 5.41) is 30.8. The number of carbonyl (C=O) groups excluding carboxylic acids is 3. The van der Waals surface area contributed by atoms with Crippen LogP contribution in [0.15, 0.2) is 133 Å². The van der Waals surface area contributed by atoms with Gasteiger partial charge in [0.25, 0.3) is 0 Å². The lowest BCUT2D eigenvalue weighted by atomic mass is 10.00. The molecule has 3 fully saturated rings. The lowest BCUT2D eigenvalue weighted by Crippen LogP contribution is -2.17. The number of hydrogen-bond acceptors (Lipinski definition) is 9. The molecule has 0 radical (unpaired) electrons. The number of esters is 2. The lowest BCUT2D eigenvalue weighted by Gasteiger charge is -2.13. The summed E-state index contributed by atoms with van der Waals surface area (Å²) in [6.45, 7) is 12.0. The van der Waals surface area contributed by atoms with Gasteiger partial charge in [0.05, 0.1) is 23.7 Å². The van der Waals surface area contributed by atoms with E-state index in [-0.39, 0.29) is 79.8 Å². The average Bonchev–Trinajstić information content (AvgIpc) is 1.58. The van der Waals surface area contributed by atoms with E-state index in [1.165, 1.54) is 67.6 Å². The van der Waals surface area contributed by atoms with E-state index in [9.17, 15) is 83.8 Å². The van der Waals surface area contributed by atoms with Gasteiger partial charge in [-0.25, -0.2) is 45.5 Å². The van der Waals surface area contributed by atoms with Gasteiger partial charge in [-0.2, -0.15) is 13.2 Å². The van der Waals surface area contributed by atoms with E-state index in [2.05, 4.69) is 4.98 Å². The second-order valence-corrected chi connectivity index (χ2v) is 27.5. The number of carbonyl (C=O) groups is 5. The van der Waals surface area contributed by atoms with E-state index >= 15 is 0 Å². The van der Waals surface area contributed by atoms with Crippen LogP contribution < -0.4 is 0 Å². The highest BCUT2D eigenvalue weighted by Crippen LogP contribution is 2.49. The highest BCUT2D eigenvalue weighted by molar-refractivity contribution is 6.32. The number of alkyl halides is 3. The van der Waals surface area contributed by atoms with Crippen molar-refractivity contribution < 1.29 is 88.1 Å². The Hall–Kier alpha value is -9.76. The number of aryl methyl sites for hydroxylation is 3. The fourth-order valence-corrected chi connectivity index (χ4v) is 12.6. The standard InChI is InChI=1S/C17H17ClFNO2.C16H12ClF4NO2.C15H13ClFNO2.C14H13ClFNO2.C9H7ClFNO2.C7H4ClFO/c1-3-22-17(21)16-15(10(2)9-20(16)12-5-6-12)13-7-4-11(18)8-14(13)19;1-7-12(10-5-2-8(17)6-11(10)18)13(15(23)24)22(9-3-4-9)14(7)16(19,20)21;1-8-7-18(10-3-4-10)14(15(19)20)13(8)11-5-2-9(16)6-12(11)17;1-3-19-14(18)13-12(8(2)7-17-13)10-5-4-9(15)6-11(10)16;1-6(12(13)14)4-7-2-3-8(10)5-9(7)11;8-6-2-1-5(4-10)7(9)3-6/h4,7-9,12H,3,5-6H2,1-2H3;2,5-6,9H,3-4H2,1H3,(H,23,24);2,5-7,10H,3-4H2,1H3,(H,19,20);4-7,17H,3H2,1-2H3;2-5H,1H3;1-4H/b;;;;6-4+;. The van der Waals surface area contributed by atoms with Gasteiger partial charge in [0.1, 0.15) is 63.4 Å². The number of H-pyrrole nitrogens is 1. The number of rotatable bonds is 16. The quantitative estimate of drug-likeness (QED) is 0.0272. The Balaban J connectivity index is 0.000000167. The number of ether oxygens (including phenoxy) is 2. The van der Waals surface area contributed by atoms with Crippen molar-refractivity contribution in [2.75, 3.05) is 13.2 Å². The first kappa shape index (κ1) is 84.9. The molecule has 3 saturated carbocycles. The Morgan fingerprint density at radius 1 is 0.523 bits per heavy atom. The summed E-state index contributed by atoms with van der Waals surface area (Å²) in [6, 6.07) is 24.5. The molecule has 3 aliphatic rings. The van der Waals surface area contributed by atoms with Gasteiger partial charge in [0, 0.05) is 130 Å². The van der Waals surface area contributed by atoms with Crippen LogP contribution in [0.25, 0.3) is 50.6 Å². The van der Waals surface area contributed by atoms with Gasteiger partial charge in [-0.15, -0.1) is 0 Å². The van der Waals surface area contributed by atoms with Crippen LogP contribution in [0.3, 0.4) is 0 Å². The van der Waals surface area contributed by atoms with Crippen LogP contribution in [-0.4, -0.2) is 77.2 Å². The molecule has 0 bridgehead atoms. The zero-order chi connectivity index (χ0) is 80.4. The van der Waals surface area contributed by atoms with Crippen LogP contribution in [-0.2, 0) is 15.7 Å². The monoisotopic (exact) mass is 1630 g/mol. The predicted octanol–water partition coefficient (Wildman–Crippen LogP) is 23.7. The summed E-state index contributed by atoms with van der Waals surface area (Å²) >= 11 is 33.9. The third kappa shape index (κ3) is 21.0. The van der Waals surface area contributed by atoms with Crippen molar-refractivity contribution in [1.29, 1.82) is 0 Å². The SMILES string of the molecule is C/C(=C\c1ccc(Cl)cc1F)[N+](=O)[O-].CCOC(=O)c1[nH]cc(C)c1-c1ccc(Cl)cc1F.CCOC(=O)c1c(-c2ccc(Cl)cc2F)c(C)cn1C1CC1.Cc1c(-c2ccc(Cl)cc2F)c(C(=O)O)n(C2CC2)c1C(F)(F)F.Cc1cn(C2CC2)c(C(=O)O)c1-c1ccc(Cl)cc1F.O=Cc1ccc(Cl)cc1F. The van der Waals surface area contributed by atoms with Crippen molar-refractivity contribution in [3.8, 4) is 44.5 Å². The van der Waals surface area contributed by atoms with Gasteiger partial charge in [-0.05, 0) is 205 Å². The topological polar surface area (TPSA) is 218 Å². The number of nitrogens with one attached hydrogen (secondary N) is 1. The maximum Gasteiger partial charge on any atom is 0.431 e. The minimum absolute atomic E-state index is 0.0319. The van der Waals surface area contributed by atoms with Gasteiger partial charge in [0.15, 0.2) is 6.29 Å². The molecule has 4 heterocycles. The number of nitro groups is 1. The molecule has 3 aliphatic carbocycles. The van der Waals surface area contributed by atoms with Crippen LogP contribution in [0.2, 0.25) is 30.1 Å². The van der Waals surface area contributed by atoms with Crippen molar-refractivity contribution in [3.63, 3.8) is 0 Å². The summed E-state index contributed by atoms with van der Waals surface area (Å²) in [4.78, 5) is 70.0. The molecule has 10 aromatic rings. The number of benzene rings is 6. The summed E-state index contributed by atoms with van der Waals surface area (Å²) in [6.07, 6.45) is 7.14. The molecular formula is C78H66Cl6F9N5O11.